The van der Waals surface area contributed by atoms with Gasteiger partial charge in [-0.2, -0.15) is 0 Å². The van der Waals surface area contributed by atoms with Gasteiger partial charge >= 0.3 is 0 Å². The lowest BCUT2D eigenvalue weighted by atomic mass is 9.87. The predicted octanol–water partition coefficient (Wildman–Crippen LogP) is 3.59. The van der Waals surface area contributed by atoms with E-state index in [1.807, 2.05) is 11.3 Å². The number of rotatable bonds is 1. The summed E-state index contributed by atoms with van der Waals surface area (Å²) in [5.74, 6) is 0.594. The summed E-state index contributed by atoms with van der Waals surface area (Å²) in [5, 5.41) is 1.29. The summed E-state index contributed by atoms with van der Waals surface area (Å²) < 4.78 is 1.32. The van der Waals surface area contributed by atoms with Crippen LogP contribution in [-0.2, 0) is 0 Å². The van der Waals surface area contributed by atoms with E-state index in [-0.39, 0.29) is 0 Å². The third-order valence-electron chi connectivity index (χ3n) is 3.62. The molecule has 0 saturated heterocycles. The quantitative estimate of drug-likeness (QED) is 0.835. The number of fused-ring (bicyclic) bond motifs is 1. The average Bonchev–Trinajstić information content (AvgIpc) is 2.72. The molecule has 3 rings (SSSR count). The summed E-state index contributed by atoms with van der Waals surface area (Å²) in [6, 6.07) is 6.88. The highest BCUT2D eigenvalue weighted by Gasteiger charge is 2.23. The standard InChI is InChI=1S/C14H18N2S/c1-9-5-6-12-13(7-9)17-14(16-12)10-3-2-4-11(15)8-10/h5-7,10-11H,2-4,8,15H2,1H3. The van der Waals surface area contributed by atoms with E-state index >= 15 is 0 Å². The molecule has 1 aromatic carbocycles. The van der Waals surface area contributed by atoms with Crippen LogP contribution in [0.4, 0.5) is 0 Å². The van der Waals surface area contributed by atoms with Gasteiger partial charge in [-0.05, 0) is 43.9 Å². The number of thiazole rings is 1. The molecule has 0 bridgehead atoms. The number of nitrogens with zero attached hydrogens (tertiary/aromatic N) is 1. The molecule has 2 unspecified atom stereocenters. The summed E-state index contributed by atoms with van der Waals surface area (Å²) in [6.07, 6.45) is 4.80. The Morgan fingerprint density at radius 1 is 1.35 bits per heavy atom. The lowest BCUT2D eigenvalue weighted by Gasteiger charge is -2.24. The van der Waals surface area contributed by atoms with Crippen LogP contribution < -0.4 is 5.73 Å². The number of aryl methyl sites for hydroxylation is 1. The Balaban J connectivity index is 1.94. The summed E-state index contributed by atoms with van der Waals surface area (Å²) in [6.45, 7) is 2.13. The molecule has 1 fully saturated rings. The molecule has 1 aliphatic rings. The number of hydrogen-bond donors (Lipinski definition) is 1. The molecule has 1 heterocycles. The summed E-state index contributed by atoms with van der Waals surface area (Å²) in [7, 11) is 0. The smallest absolute Gasteiger partial charge is 0.0970 e. The molecule has 2 aromatic rings. The van der Waals surface area contributed by atoms with Gasteiger partial charge in [-0.25, -0.2) is 4.98 Å². The molecular formula is C14H18N2S. The van der Waals surface area contributed by atoms with Crippen LogP contribution in [0.2, 0.25) is 0 Å². The first-order valence-electron chi connectivity index (χ1n) is 6.35. The van der Waals surface area contributed by atoms with Crippen molar-refractivity contribution in [2.24, 2.45) is 5.73 Å². The largest absolute Gasteiger partial charge is 0.328 e. The Labute approximate surface area is 106 Å². The number of hydrogen-bond acceptors (Lipinski definition) is 3. The Bertz CT molecular complexity index is 532. The van der Waals surface area contributed by atoms with Crippen molar-refractivity contribution in [3.05, 3.63) is 28.8 Å². The van der Waals surface area contributed by atoms with Crippen molar-refractivity contribution in [3.8, 4) is 0 Å². The van der Waals surface area contributed by atoms with E-state index in [1.54, 1.807) is 0 Å². The Hall–Kier alpha value is -0.930. The van der Waals surface area contributed by atoms with E-state index in [1.165, 1.54) is 34.5 Å². The van der Waals surface area contributed by atoms with Gasteiger partial charge in [-0.1, -0.05) is 12.5 Å². The molecule has 0 aliphatic heterocycles. The van der Waals surface area contributed by atoms with E-state index in [0.29, 0.717) is 12.0 Å². The van der Waals surface area contributed by atoms with Crippen LogP contribution in [0.3, 0.4) is 0 Å². The summed E-state index contributed by atoms with van der Waals surface area (Å²) in [5.41, 5.74) is 8.52. The molecule has 0 radical (unpaired) electrons. The first-order chi connectivity index (χ1) is 8.22. The van der Waals surface area contributed by atoms with Gasteiger partial charge in [0.25, 0.3) is 0 Å². The molecule has 1 aromatic heterocycles. The summed E-state index contributed by atoms with van der Waals surface area (Å²) >= 11 is 1.85. The van der Waals surface area contributed by atoms with Crippen LogP contribution in [0.5, 0.6) is 0 Å². The first-order valence-corrected chi connectivity index (χ1v) is 7.16. The first kappa shape index (κ1) is 11.2. The second-order valence-corrected chi connectivity index (χ2v) is 6.21. The van der Waals surface area contributed by atoms with Gasteiger partial charge in [-0.3, -0.25) is 0 Å². The van der Waals surface area contributed by atoms with Crippen LogP contribution in [0.15, 0.2) is 18.2 Å². The fraction of sp³-hybridized carbons (Fsp3) is 0.500. The molecule has 1 aliphatic carbocycles. The van der Waals surface area contributed by atoms with Gasteiger partial charge in [0.05, 0.1) is 15.2 Å². The van der Waals surface area contributed by atoms with Gasteiger partial charge in [0.2, 0.25) is 0 Å². The molecule has 3 heteroatoms. The molecule has 0 spiro atoms. The predicted molar refractivity (Wildman–Crippen MR) is 73.5 cm³/mol. The molecule has 17 heavy (non-hydrogen) atoms. The van der Waals surface area contributed by atoms with Gasteiger partial charge in [0.15, 0.2) is 0 Å². The van der Waals surface area contributed by atoms with E-state index in [4.69, 9.17) is 10.7 Å². The lowest BCUT2D eigenvalue weighted by molar-refractivity contribution is 0.393. The minimum atomic E-state index is 0.377. The van der Waals surface area contributed by atoms with Crippen molar-refractivity contribution in [3.63, 3.8) is 0 Å². The molecule has 90 valence electrons. The fourth-order valence-electron chi connectivity index (χ4n) is 2.68. The topological polar surface area (TPSA) is 38.9 Å². The zero-order valence-electron chi connectivity index (χ0n) is 10.1. The van der Waals surface area contributed by atoms with Gasteiger partial charge in [-0.15, -0.1) is 11.3 Å². The number of benzene rings is 1. The van der Waals surface area contributed by atoms with Crippen LogP contribution in [-0.4, -0.2) is 11.0 Å². The van der Waals surface area contributed by atoms with E-state index < -0.39 is 0 Å². The van der Waals surface area contributed by atoms with Crippen molar-refractivity contribution < 1.29 is 0 Å². The highest BCUT2D eigenvalue weighted by atomic mass is 32.1. The van der Waals surface area contributed by atoms with Gasteiger partial charge in [0, 0.05) is 12.0 Å². The fourth-order valence-corrected chi connectivity index (χ4v) is 3.89. The lowest BCUT2D eigenvalue weighted by Crippen LogP contribution is -2.26. The third kappa shape index (κ3) is 2.22. The molecule has 0 amide bonds. The number of nitrogens with two attached hydrogens (primary N) is 1. The van der Waals surface area contributed by atoms with E-state index in [0.717, 1.165) is 11.9 Å². The third-order valence-corrected chi connectivity index (χ3v) is 4.81. The Morgan fingerprint density at radius 3 is 3.06 bits per heavy atom. The Morgan fingerprint density at radius 2 is 2.24 bits per heavy atom. The van der Waals surface area contributed by atoms with Crippen LogP contribution in [0.25, 0.3) is 10.2 Å². The van der Waals surface area contributed by atoms with Gasteiger partial charge < -0.3 is 5.73 Å². The Kier molecular flexibility index (Phi) is 2.89. The van der Waals surface area contributed by atoms with Crippen LogP contribution >= 0.6 is 11.3 Å². The van der Waals surface area contributed by atoms with Crippen molar-refractivity contribution in [2.75, 3.05) is 0 Å². The second kappa shape index (κ2) is 4.39. The minimum absolute atomic E-state index is 0.377. The maximum Gasteiger partial charge on any atom is 0.0970 e. The molecule has 1 saturated carbocycles. The van der Waals surface area contributed by atoms with E-state index in [2.05, 4.69) is 25.1 Å². The maximum absolute atomic E-state index is 6.06. The SMILES string of the molecule is Cc1ccc2nc(C3CCCC(N)C3)sc2c1. The zero-order valence-corrected chi connectivity index (χ0v) is 11.0. The highest BCUT2D eigenvalue weighted by Crippen LogP contribution is 2.36. The van der Waals surface area contributed by atoms with Crippen LogP contribution in [0.1, 0.15) is 42.2 Å². The normalized spacial score (nSPS) is 25.3. The molecule has 2 N–H and O–H groups in total. The molecular weight excluding hydrogens is 228 g/mol. The highest BCUT2D eigenvalue weighted by molar-refractivity contribution is 7.18. The van der Waals surface area contributed by atoms with Crippen LogP contribution in [0, 0.1) is 6.92 Å². The van der Waals surface area contributed by atoms with E-state index in [9.17, 15) is 0 Å². The monoisotopic (exact) mass is 246 g/mol. The summed E-state index contributed by atoms with van der Waals surface area (Å²) in [4.78, 5) is 4.77. The van der Waals surface area contributed by atoms with Gasteiger partial charge in [0.1, 0.15) is 0 Å². The molecule has 2 nitrogen and oxygen atoms in total. The average molecular weight is 246 g/mol. The van der Waals surface area contributed by atoms with Crippen molar-refractivity contribution >= 4 is 21.6 Å². The maximum atomic E-state index is 6.06. The van der Waals surface area contributed by atoms with Crippen molar-refractivity contribution in [1.82, 2.24) is 4.98 Å². The number of aromatic nitrogens is 1. The second-order valence-electron chi connectivity index (χ2n) is 5.15. The van der Waals surface area contributed by atoms with Crippen molar-refractivity contribution in [1.29, 1.82) is 0 Å². The van der Waals surface area contributed by atoms with Crippen molar-refractivity contribution in [2.45, 2.75) is 44.6 Å². The minimum Gasteiger partial charge on any atom is -0.328 e. The zero-order chi connectivity index (χ0) is 11.8. The molecule has 2 atom stereocenters.